The molecule has 1 unspecified atom stereocenters. The van der Waals surface area contributed by atoms with Crippen LogP contribution in [0.15, 0.2) is 52.0 Å². The van der Waals surface area contributed by atoms with Crippen LogP contribution in [-0.2, 0) is 9.53 Å². The van der Waals surface area contributed by atoms with Gasteiger partial charge in [0.2, 0.25) is 5.96 Å². The molecule has 0 aromatic heterocycles. The summed E-state index contributed by atoms with van der Waals surface area (Å²) < 4.78 is 41.8. The van der Waals surface area contributed by atoms with Crippen molar-refractivity contribution in [1.82, 2.24) is 9.80 Å². The average Bonchev–Trinajstić information content (AvgIpc) is 3.08. The van der Waals surface area contributed by atoms with Gasteiger partial charge in [-0.2, -0.15) is 5.26 Å². The average molecular weight is 678 g/mol. The third kappa shape index (κ3) is 8.62. The molecule has 2 aromatic carbocycles. The van der Waals surface area contributed by atoms with Crippen LogP contribution < -0.4 is 15.0 Å². The molecule has 49 heavy (non-hydrogen) atoms. The number of guanidine groups is 1. The molecule has 5 rings (SSSR count). The Kier molecular flexibility index (Phi) is 12.0. The van der Waals surface area contributed by atoms with E-state index in [-0.39, 0.29) is 36.8 Å². The number of carbonyl (C=O) groups excluding carboxylic acids is 1. The Balaban J connectivity index is 1.32. The quantitative estimate of drug-likeness (QED) is 0.291. The van der Waals surface area contributed by atoms with Crippen molar-refractivity contribution in [1.29, 1.82) is 5.26 Å². The number of benzene rings is 2. The summed E-state index contributed by atoms with van der Waals surface area (Å²) in [5, 5.41) is 22.8. The van der Waals surface area contributed by atoms with E-state index in [4.69, 9.17) is 14.5 Å². The van der Waals surface area contributed by atoms with Crippen LogP contribution >= 0.6 is 0 Å². The maximum Gasteiger partial charge on any atom is 0.251 e. The first-order valence-electron chi connectivity index (χ1n) is 16.8. The second-order valence-electron chi connectivity index (χ2n) is 12.6. The smallest absolute Gasteiger partial charge is 0.251 e. The lowest BCUT2D eigenvalue weighted by atomic mass is 10.0. The summed E-state index contributed by atoms with van der Waals surface area (Å²) in [6.45, 7) is 12.3. The third-order valence-corrected chi connectivity index (χ3v) is 9.20. The summed E-state index contributed by atoms with van der Waals surface area (Å²) in [7, 11) is 0. The van der Waals surface area contributed by atoms with Crippen molar-refractivity contribution < 1.29 is 28.2 Å². The van der Waals surface area contributed by atoms with Gasteiger partial charge in [-0.3, -0.25) is 9.69 Å². The minimum atomic E-state index is -1.63. The van der Waals surface area contributed by atoms with E-state index in [2.05, 4.69) is 32.2 Å². The Labute approximate surface area is 286 Å². The van der Waals surface area contributed by atoms with Gasteiger partial charge in [-0.15, -0.1) is 0 Å². The van der Waals surface area contributed by atoms with Crippen LogP contribution in [0.1, 0.15) is 51.7 Å². The number of amides is 1. The number of halogens is 2. The van der Waals surface area contributed by atoms with Gasteiger partial charge in [-0.25, -0.2) is 18.8 Å². The van der Waals surface area contributed by atoms with Crippen LogP contribution in [0, 0.1) is 17.1 Å². The fourth-order valence-corrected chi connectivity index (χ4v) is 6.12. The molecular weight excluding hydrogens is 632 g/mol. The molecule has 3 aliphatic heterocycles. The number of hydrogen-bond donors (Lipinski definition) is 2. The molecule has 3 fully saturated rings. The van der Waals surface area contributed by atoms with E-state index in [9.17, 15) is 15.2 Å². The van der Waals surface area contributed by atoms with Gasteiger partial charge in [-0.1, -0.05) is 6.92 Å². The number of piperazine rings is 1. The number of aliphatic imine (C=N–C) groups is 2. The van der Waals surface area contributed by atoms with Gasteiger partial charge < -0.3 is 29.7 Å². The number of likely N-dealkylation sites (tertiary alicyclic amines) is 1. The van der Waals surface area contributed by atoms with E-state index in [1.54, 1.807) is 13.1 Å². The number of aliphatic hydroxyl groups excluding tert-OH is 1. The van der Waals surface area contributed by atoms with Crippen LogP contribution in [-0.4, -0.2) is 110 Å². The number of aliphatic hydroxyl groups is 1. The number of allylic oxidation sites excluding steroid dienone is 1. The molecule has 3 saturated heterocycles. The van der Waals surface area contributed by atoms with Crippen molar-refractivity contribution in [2.24, 2.45) is 9.98 Å². The molecule has 2 N–H and O–H groups in total. The highest BCUT2D eigenvalue weighted by atomic mass is 19.1. The Hall–Kier alpha value is -4.38. The van der Waals surface area contributed by atoms with Crippen LogP contribution in [0.3, 0.4) is 0 Å². The van der Waals surface area contributed by atoms with Crippen LogP contribution in [0.25, 0.3) is 5.70 Å². The molecule has 3 aliphatic rings. The molecule has 0 radical (unpaired) electrons. The first-order valence-corrected chi connectivity index (χ1v) is 16.8. The monoisotopic (exact) mass is 677 g/mol. The third-order valence-electron chi connectivity index (χ3n) is 9.20. The van der Waals surface area contributed by atoms with Crippen molar-refractivity contribution in [3.8, 4) is 11.8 Å². The van der Waals surface area contributed by atoms with E-state index in [0.717, 1.165) is 56.3 Å². The largest absolute Gasteiger partial charge is 0.483 e. The number of anilines is 2. The molecule has 2 aromatic rings. The number of hydrogen-bond acceptors (Lipinski definition) is 8. The zero-order chi connectivity index (χ0) is 35.1. The predicted molar refractivity (Wildman–Crippen MR) is 186 cm³/mol. The van der Waals surface area contributed by atoms with Crippen LogP contribution in [0.2, 0.25) is 0 Å². The first-order chi connectivity index (χ1) is 23.6. The first kappa shape index (κ1) is 35.9. The lowest BCUT2D eigenvalue weighted by Gasteiger charge is -2.43. The maximum atomic E-state index is 15.7. The van der Waals surface area contributed by atoms with E-state index in [1.165, 1.54) is 24.0 Å². The number of nitrogens with zero attached hydrogens (tertiary/aromatic N) is 6. The van der Waals surface area contributed by atoms with Crippen molar-refractivity contribution >= 4 is 35.2 Å². The number of carbonyl (C=O) groups is 1. The summed E-state index contributed by atoms with van der Waals surface area (Å²) in [5.74, 6) is -1.47. The van der Waals surface area contributed by atoms with Gasteiger partial charge in [0.1, 0.15) is 18.3 Å². The van der Waals surface area contributed by atoms with E-state index < -0.39 is 30.1 Å². The Morgan fingerprint density at radius 1 is 1.20 bits per heavy atom. The van der Waals surface area contributed by atoms with Gasteiger partial charge in [0.25, 0.3) is 5.91 Å². The summed E-state index contributed by atoms with van der Waals surface area (Å²) in [5.41, 5.74) is 3.44. The maximum absolute atomic E-state index is 15.7. The van der Waals surface area contributed by atoms with Gasteiger partial charge in [0, 0.05) is 62.3 Å². The standard InChI is InChI=1S/C36H45F2N7O4/c1-5-23(3)33(25-17-26(19-39)34(30(37)18-25)49-32-11-12-45(20-31(32)38)35(47)24(4)46)42-36(40-6-2)41-27-7-9-28(10-8-27)43-13-15-44(16-14-43)29-21-48-22-29/h6-10,17-18,24,29,31-32,46H,5,11-16,20-22H2,1-4H3,(H,41,42)/b33-23+,40-6-/t24?,31-,32+/m1/s1. The number of nitriles is 1. The SMILES string of the molecule is C\C=N/C(=N/C(=C(\C)CC)c1cc(F)c(O[C@H]2CCN(C(=O)C(C)O)C[C@H]2F)c(C#N)c1)Nc1ccc(N2CCN(C3COC3)CC2)cc1. The molecule has 3 heterocycles. The molecule has 11 nitrogen and oxygen atoms in total. The summed E-state index contributed by atoms with van der Waals surface area (Å²) in [6.07, 6.45) is -1.65. The van der Waals surface area contributed by atoms with Gasteiger partial charge >= 0.3 is 0 Å². The number of ether oxygens (including phenoxy) is 2. The highest BCUT2D eigenvalue weighted by Crippen LogP contribution is 2.33. The molecule has 0 spiro atoms. The van der Waals surface area contributed by atoms with Gasteiger partial charge in [0.15, 0.2) is 17.7 Å². The zero-order valence-electron chi connectivity index (χ0n) is 28.5. The second-order valence-corrected chi connectivity index (χ2v) is 12.6. The Bertz CT molecular complexity index is 1610. The summed E-state index contributed by atoms with van der Waals surface area (Å²) in [4.78, 5) is 27.4. The van der Waals surface area contributed by atoms with E-state index in [1.807, 2.05) is 32.0 Å². The van der Waals surface area contributed by atoms with E-state index in [0.29, 0.717) is 23.7 Å². The van der Waals surface area contributed by atoms with Crippen LogP contribution in [0.5, 0.6) is 5.75 Å². The molecule has 262 valence electrons. The fourth-order valence-electron chi connectivity index (χ4n) is 6.12. The molecule has 1 amide bonds. The summed E-state index contributed by atoms with van der Waals surface area (Å²) in [6, 6.07) is 13.3. The highest BCUT2D eigenvalue weighted by molar-refractivity contribution is 6.01. The molecule has 0 bridgehead atoms. The van der Waals surface area contributed by atoms with Crippen molar-refractivity contribution in [3.05, 3.63) is 58.9 Å². The Morgan fingerprint density at radius 3 is 2.49 bits per heavy atom. The Morgan fingerprint density at radius 2 is 1.92 bits per heavy atom. The second kappa shape index (κ2) is 16.3. The topological polar surface area (TPSA) is 126 Å². The highest BCUT2D eigenvalue weighted by Gasteiger charge is 2.35. The number of piperidine rings is 1. The number of nitrogens with one attached hydrogen (secondary N) is 1. The molecule has 0 saturated carbocycles. The minimum absolute atomic E-state index is 0.0774. The predicted octanol–water partition coefficient (Wildman–Crippen LogP) is 4.62. The lowest BCUT2D eigenvalue weighted by Crippen LogP contribution is -2.56. The summed E-state index contributed by atoms with van der Waals surface area (Å²) >= 11 is 0. The molecule has 0 aliphatic carbocycles. The number of rotatable bonds is 9. The van der Waals surface area contributed by atoms with Crippen molar-refractivity contribution in [2.45, 2.75) is 65.0 Å². The normalized spacial score (nSPS) is 22.0. The lowest BCUT2D eigenvalue weighted by molar-refractivity contribution is -0.143. The van der Waals surface area contributed by atoms with Gasteiger partial charge in [-0.05, 0) is 69.2 Å². The molecular formula is C36H45F2N7O4. The van der Waals surface area contributed by atoms with Crippen LogP contribution in [0.4, 0.5) is 20.2 Å². The van der Waals surface area contributed by atoms with Gasteiger partial charge in [0.05, 0.1) is 37.1 Å². The van der Waals surface area contributed by atoms with Crippen molar-refractivity contribution in [2.75, 3.05) is 62.7 Å². The van der Waals surface area contributed by atoms with Crippen molar-refractivity contribution in [3.63, 3.8) is 0 Å². The zero-order valence-corrected chi connectivity index (χ0v) is 28.5. The van der Waals surface area contributed by atoms with E-state index >= 15 is 8.78 Å². The minimum Gasteiger partial charge on any atom is -0.483 e. The fraction of sp³-hybridized carbons (Fsp3) is 0.500. The molecule has 13 heteroatoms. The number of alkyl halides is 1. The molecule has 3 atom stereocenters.